The van der Waals surface area contributed by atoms with E-state index in [-0.39, 0.29) is 0 Å². The molecule has 0 fully saturated rings. The maximum absolute atomic E-state index is 5.33. The van der Waals surface area contributed by atoms with Gasteiger partial charge in [0.1, 0.15) is 5.82 Å². The average Bonchev–Trinajstić information content (AvgIpc) is 3.51. The normalized spacial score (nSPS) is 11.7. The Hall–Kier alpha value is -6.65. The third-order valence-corrected chi connectivity index (χ3v) is 9.65. The highest BCUT2D eigenvalue weighted by atomic mass is 15.1. The summed E-state index contributed by atoms with van der Waals surface area (Å²) in [6.45, 7) is 0. The van der Waals surface area contributed by atoms with Crippen LogP contribution >= 0.6 is 0 Å². The molecule has 0 aliphatic rings. The number of rotatable bonds is 4. The van der Waals surface area contributed by atoms with Crippen LogP contribution in [-0.2, 0) is 0 Å². The molecule has 6 aromatic carbocycles. The summed E-state index contributed by atoms with van der Waals surface area (Å²) in [5.41, 5.74) is 9.24. The maximum atomic E-state index is 5.33. The van der Waals surface area contributed by atoms with Gasteiger partial charge in [0.05, 0.1) is 33.6 Å². The molecule has 0 saturated carbocycles. The van der Waals surface area contributed by atoms with Crippen molar-refractivity contribution in [2.45, 2.75) is 0 Å². The zero-order valence-electron chi connectivity index (χ0n) is 26.5. The van der Waals surface area contributed by atoms with Gasteiger partial charge in [0, 0.05) is 17.1 Å². The number of para-hydroxylation sites is 1. The molecule has 0 spiro atoms. The van der Waals surface area contributed by atoms with E-state index in [1.165, 1.54) is 43.4 Å². The first-order valence-electron chi connectivity index (χ1n) is 16.5. The van der Waals surface area contributed by atoms with Gasteiger partial charge in [0.2, 0.25) is 0 Å². The summed E-state index contributed by atoms with van der Waals surface area (Å²) in [5.74, 6) is 0.833. The molecule has 0 unspecified atom stereocenters. The van der Waals surface area contributed by atoms with E-state index in [1.54, 1.807) is 0 Å². The molecule has 0 radical (unpaired) electrons. The molecule has 0 bridgehead atoms. The molecule has 0 atom stereocenters. The largest absolute Gasteiger partial charge is 0.292 e. The molecule has 0 aliphatic carbocycles. The first kappa shape index (κ1) is 27.5. The average molecular weight is 625 g/mol. The number of hydrogen-bond acceptors (Lipinski definition) is 3. The van der Waals surface area contributed by atoms with Gasteiger partial charge in [-0.25, -0.2) is 9.97 Å². The van der Waals surface area contributed by atoms with E-state index >= 15 is 0 Å². The van der Waals surface area contributed by atoms with Crippen LogP contribution in [0.1, 0.15) is 0 Å². The number of aromatic nitrogens is 4. The molecule has 4 heterocycles. The predicted octanol–water partition coefficient (Wildman–Crippen LogP) is 11.4. The Morgan fingerprint density at radius 2 is 0.918 bits per heavy atom. The lowest BCUT2D eigenvalue weighted by molar-refractivity contribution is 1.08. The Morgan fingerprint density at radius 1 is 0.367 bits per heavy atom. The summed E-state index contributed by atoms with van der Waals surface area (Å²) in [6, 6.07) is 57.6. The van der Waals surface area contributed by atoms with E-state index in [0.29, 0.717) is 0 Å². The standard InChI is InChI=1S/C45H28N4/c1-2-15-30-29(13-1)14-9-21-31(30)43-32-16-3-5-18-34(32)44(35-19-6-4-17-33(35)43)39-24-10-22-37(47-39)38-23-11-27-42(48-38)49-40-25-8-7-20-36(40)45-41(49)26-12-28-46-45/h1-28H. The van der Waals surface area contributed by atoms with E-state index in [1.807, 2.05) is 18.3 Å². The van der Waals surface area contributed by atoms with Crippen LogP contribution in [0.15, 0.2) is 170 Å². The summed E-state index contributed by atoms with van der Waals surface area (Å²) in [6.07, 6.45) is 1.85. The van der Waals surface area contributed by atoms with Crippen molar-refractivity contribution in [1.29, 1.82) is 0 Å². The van der Waals surface area contributed by atoms with Crippen LogP contribution in [0.2, 0.25) is 0 Å². The van der Waals surface area contributed by atoms with Gasteiger partial charge in [-0.15, -0.1) is 0 Å². The number of benzene rings is 6. The second-order valence-electron chi connectivity index (χ2n) is 12.4. The third kappa shape index (κ3) is 4.28. The summed E-state index contributed by atoms with van der Waals surface area (Å²) >= 11 is 0. The minimum Gasteiger partial charge on any atom is -0.292 e. The van der Waals surface area contributed by atoms with Crippen LogP contribution in [0.25, 0.3) is 93.8 Å². The smallest absolute Gasteiger partial charge is 0.138 e. The number of nitrogens with zero attached hydrogens (tertiary/aromatic N) is 4. The minimum absolute atomic E-state index is 0.815. The van der Waals surface area contributed by atoms with Gasteiger partial charge in [-0.05, 0) is 85.9 Å². The van der Waals surface area contributed by atoms with E-state index in [9.17, 15) is 0 Å². The molecule has 4 nitrogen and oxygen atoms in total. The number of hydrogen-bond donors (Lipinski definition) is 0. The lowest BCUT2D eigenvalue weighted by Gasteiger charge is -2.18. The fourth-order valence-corrected chi connectivity index (χ4v) is 7.58. The minimum atomic E-state index is 0.815. The molecule has 10 rings (SSSR count). The summed E-state index contributed by atoms with van der Waals surface area (Å²) < 4.78 is 2.19. The van der Waals surface area contributed by atoms with Crippen molar-refractivity contribution in [2.75, 3.05) is 0 Å². The lowest BCUT2D eigenvalue weighted by atomic mass is 9.85. The fourth-order valence-electron chi connectivity index (χ4n) is 7.58. The van der Waals surface area contributed by atoms with E-state index in [4.69, 9.17) is 15.0 Å². The van der Waals surface area contributed by atoms with Gasteiger partial charge in [0.25, 0.3) is 0 Å². The van der Waals surface area contributed by atoms with Gasteiger partial charge < -0.3 is 0 Å². The fraction of sp³-hybridized carbons (Fsp3) is 0. The Balaban J connectivity index is 1.18. The molecule has 0 N–H and O–H groups in total. The molecular weight excluding hydrogens is 597 g/mol. The van der Waals surface area contributed by atoms with Gasteiger partial charge in [-0.2, -0.15) is 0 Å². The van der Waals surface area contributed by atoms with E-state index in [2.05, 4.69) is 156 Å². The van der Waals surface area contributed by atoms with Crippen LogP contribution in [-0.4, -0.2) is 19.5 Å². The molecule has 4 aromatic heterocycles. The zero-order chi connectivity index (χ0) is 32.3. The number of pyridine rings is 3. The molecule has 0 amide bonds. The first-order chi connectivity index (χ1) is 24.3. The molecule has 0 aliphatic heterocycles. The van der Waals surface area contributed by atoms with Gasteiger partial charge in [-0.3, -0.25) is 9.55 Å². The van der Waals surface area contributed by atoms with Gasteiger partial charge >= 0.3 is 0 Å². The van der Waals surface area contributed by atoms with Crippen LogP contribution in [0.3, 0.4) is 0 Å². The molecule has 49 heavy (non-hydrogen) atoms. The van der Waals surface area contributed by atoms with Crippen molar-refractivity contribution in [1.82, 2.24) is 19.5 Å². The van der Waals surface area contributed by atoms with Crippen molar-refractivity contribution < 1.29 is 0 Å². The monoisotopic (exact) mass is 624 g/mol. The van der Waals surface area contributed by atoms with Gasteiger partial charge in [-0.1, -0.05) is 121 Å². The Labute approximate surface area is 282 Å². The zero-order valence-corrected chi connectivity index (χ0v) is 26.5. The van der Waals surface area contributed by atoms with Crippen molar-refractivity contribution in [3.05, 3.63) is 170 Å². The molecule has 10 aromatic rings. The van der Waals surface area contributed by atoms with Crippen LogP contribution < -0.4 is 0 Å². The summed E-state index contributed by atoms with van der Waals surface area (Å²) in [7, 11) is 0. The van der Waals surface area contributed by atoms with Crippen LogP contribution in [0, 0.1) is 0 Å². The van der Waals surface area contributed by atoms with E-state index in [0.717, 1.165) is 50.4 Å². The number of fused-ring (bicyclic) bond motifs is 6. The van der Waals surface area contributed by atoms with Crippen molar-refractivity contribution in [3.63, 3.8) is 0 Å². The van der Waals surface area contributed by atoms with Crippen molar-refractivity contribution in [2.24, 2.45) is 0 Å². The second kappa shape index (κ2) is 11.0. The molecule has 0 saturated heterocycles. The van der Waals surface area contributed by atoms with E-state index < -0.39 is 0 Å². The van der Waals surface area contributed by atoms with Gasteiger partial charge in [0.15, 0.2) is 0 Å². The van der Waals surface area contributed by atoms with Crippen molar-refractivity contribution >= 4 is 54.3 Å². The summed E-state index contributed by atoms with van der Waals surface area (Å²) in [4.78, 5) is 15.2. The quantitative estimate of drug-likeness (QED) is 0.183. The second-order valence-corrected chi connectivity index (χ2v) is 12.4. The molecule has 228 valence electrons. The highest BCUT2D eigenvalue weighted by Crippen LogP contribution is 2.45. The topological polar surface area (TPSA) is 43.6 Å². The Kier molecular flexibility index (Phi) is 6.15. The lowest BCUT2D eigenvalue weighted by Crippen LogP contribution is -1.99. The molecule has 4 heteroatoms. The molecular formula is C45H28N4. The van der Waals surface area contributed by atoms with Crippen LogP contribution in [0.4, 0.5) is 0 Å². The predicted molar refractivity (Wildman–Crippen MR) is 203 cm³/mol. The Bertz CT molecular complexity index is 2790. The van der Waals surface area contributed by atoms with Crippen LogP contribution in [0.5, 0.6) is 0 Å². The highest BCUT2D eigenvalue weighted by molar-refractivity contribution is 6.23. The first-order valence-corrected chi connectivity index (χ1v) is 16.5. The highest BCUT2D eigenvalue weighted by Gasteiger charge is 2.19. The van der Waals surface area contributed by atoms with Crippen molar-refractivity contribution in [3.8, 4) is 39.6 Å². The SMILES string of the molecule is c1cc(-c2cccc(-n3c4ccccc4c4ncccc43)n2)nc(-c2c3ccccc3c(-c3cccc4ccccc34)c3ccccc23)c1. The Morgan fingerprint density at radius 3 is 1.69 bits per heavy atom. The third-order valence-electron chi connectivity index (χ3n) is 9.65. The maximum Gasteiger partial charge on any atom is 0.138 e. The summed E-state index contributed by atoms with van der Waals surface area (Å²) in [5, 5.41) is 8.36.